The second kappa shape index (κ2) is 9.62. The van der Waals surface area contributed by atoms with Crippen LogP contribution in [0.25, 0.3) is 5.65 Å². The average Bonchev–Trinajstić information content (AvgIpc) is 3.53. The Morgan fingerprint density at radius 3 is 2.70 bits per heavy atom. The number of ether oxygens (including phenoxy) is 1. The average molecular weight is 448 g/mol. The number of pyridine rings is 1. The Balaban J connectivity index is 1.11. The third-order valence-electron chi connectivity index (χ3n) is 6.63. The minimum absolute atomic E-state index is 0.115. The first-order valence-corrected chi connectivity index (χ1v) is 11.6. The number of urea groups is 1. The van der Waals surface area contributed by atoms with E-state index in [0.29, 0.717) is 25.7 Å². The maximum atomic E-state index is 12.8. The van der Waals surface area contributed by atoms with Crippen molar-refractivity contribution in [2.75, 3.05) is 31.6 Å². The van der Waals surface area contributed by atoms with Crippen molar-refractivity contribution in [3.05, 3.63) is 66.1 Å². The van der Waals surface area contributed by atoms with Crippen LogP contribution in [0.5, 0.6) is 0 Å². The van der Waals surface area contributed by atoms with E-state index in [1.165, 1.54) is 5.56 Å². The molecule has 2 aromatic heterocycles. The van der Waals surface area contributed by atoms with Crippen LogP contribution in [0.1, 0.15) is 36.3 Å². The predicted octanol–water partition coefficient (Wildman–Crippen LogP) is 3.40. The molecule has 0 spiro atoms. The summed E-state index contributed by atoms with van der Waals surface area (Å²) in [7, 11) is 0. The molecule has 5 rings (SSSR count). The van der Waals surface area contributed by atoms with Crippen molar-refractivity contribution in [2.24, 2.45) is 5.92 Å². The lowest BCUT2D eigenvalue weighted by atomic mass is 9.97. The number of fused-ring (bicyclic) bond motifs is 1. The standard InChI is InChI=1S/C25H29N5O3/c31-24(20-7-13-33-14-8-20)30-11-6-21(17-30)19-1-3-22(4-2-19)28-25(32)27-16-18-5-10-29-12-9-26-23(29)15-18/h1-5,9-10,12,15,20-21H,6-8,11,13-14,16-17H2,(H2,27,28,32). The number of likely N-dealkylation sites (tertiary alicyclic amines) is 1. The van der Waals surface area contributed by atoms with Gasteiger partial charge in [-0.3, -0.25) is 4.79 Å². The Morgan fingerprint density at radius 1 is 1.06 bits per heavy atom. The van der Waals surface area contributed by atoms with Crippen LogP contribution in [0.4, 0.5) is 10.5 Å². The molecule has 33 heavy (non-hydrogen) atoms. The number of imidazole rings is 1. The molecule has 3 amide bonds. The van der Waals surface area contributed by atoms with Gasteiger partial charge in [-0.25, -0.2) is 9.78 Å². The van der Waals surface area contributed by atoms with E-state index in [-0.39, 0.29) is 17.9 Å². The highest BCUT2D eigenvalue weighted by Gasteiger charge is 2.32. The highest BCUT2D eigenvalue weighted by Crippen LogP contribution is 2.30. The first-order valence-electron chi connectivity index (χ1n) is 11.6. The summed E-state index contributed by atoms with van der Waals surface area (Å²) in [5, 5.41) is 5.77. The van der Waals surface area contributed by atoms with Crippen molar-refractivity contribution in [1.82, 2.24) is 19.6 Å². The van der Waals surface area contributed by atoms with E-state index in [9.17, 15) is 9.59 Å². The third-order valence-corrected chi connectivity index (χ3v) is 6.63. The van der Waals surface area contributed by atoms with Gasteiger partial charge in [0, 0.05) is 69.0 Å². The minimum atomic E-state index is -0.250. The number of aromatic nitrogens is 2. The quantitative estimate of drug-likeness (QED) is 0.628. The molecular weight excluding hydrogens is 418 g/mol. The first kappa shape index (κ1) is 21.5. The van der Waals surface area contributed by atoms with Crippen LogP contribution < -0.4 is 10.6 Å². The van der Waals surface area contributed by atoms with E-state index in [1.807, 2.05) is 46.0 Å². The molecule has 3 aromatic rings. The van der Waals surface area contributed by atoms with Crippen molar-refractivity contribution >= 4 is 23.3 Å². The minimum Gasteiger partial charge on any atom is -0.381 e. The van der Waals surface area contributed by atoms with E-state index in [1.54, 1.807) is 6.20 Å². The zero-order chi connectivity index (χ0) is 22.6. The van der Waals surface area contributed by atoms with Gasteiger partial charge in [-0.1, -0.05) is 12.1 Å². The molecule has 0 aliphatic carbocycles. The third kappa shape index (κ3) is 5.01. The molecule has 8 heteroatoms. The van der Waals surface area contributed by atoms with Gasteiger partial charge < -0.3 is 24.7 Å². The number of rotatable bonds is 5. The Morgan fingerprint density at radius 2 is 1.88 bits per heavy atom. The molecule has 0 bridgehead atoms. The molecule has 0 radical (unpaired) electrons. The van der Waals surface area contributed by atoms with Gasteiger partial charge in [0.1, 0.15) is 5.65 Å². The van der Waals surface area contributed by atoms with Crippen LogP contribution in [0.3, 0.4) is 0 Å². The fourth-order valence-electron chi connectivity index (χ4n) is 4.69. The van der Waals surface area contributed by atoms with Crippen LogP contribution >= 0.6 is 0 Å². The van der Waals surface area contributed by atoms with E-state index in [0.717, 1.165) is 49.2 Å². The Kier molecular flexibility index (Phi) is 6.26. The number of carbonyl (C=O) groups excluding carboxylic acids is 2. The molecular formula is C25H29N5O3. The molecule has 2 saturated heterocycles. The smallest absolute Gasteiger partial charge is 0.319 e. The molecule has 172 valence electrons. The van der Waals surface area contributed by atoms with Crippen molar-refractivity contribution in [2.45, 2.75) is 31.7 Å². The van der Waals surface area contributed by atoms with Gasteiger partial charge in [-0.15, -0.1) is 0 Å². The van der Waals surface area contributed by atoms with Crippen LogP contribution in [0.15, 0.2) is 55.0 Å². The van der Waals surface area contributed by atoms with Gasteiger partial charge in [-0.2, -0.15) is 0 Å². The molecule has 2 fully saturated rings. The highest BCUT2D eigenvalue weighted by molar-refractivity contribution is 5.89. The summed E-state index contributed by atoms with van der Waals surface area (Å²) in [5.41, 5.74) is 3.79. The number of carbonyl (C=O) groups is 2. The number of hydrogen-bond donors (Lipinski definition) is 2. The summed E-state index contributed by atoms with van der Waals surface area (Å²) >= 11 is 0. The van der Waals surface area contributed by atoms with Crippen molar-refractivity contribution in [3.63, 3.8) is 0 Å². The molecule has 2 aliphatic rings. The van der Waals surface area contributed by atoms with Crippen LogP contribution in [0.2, 0.25) is 0 Å². The number of nitrogens with zero attached hydrogens (tertiary/aromatic N) is 3. The molecule has 4 heterocycles. The van der Waals surface area contributed by atoms with Gasteiger partial charge >= 0.3 is 6.03 Å². The maximum Gasteiger partial charge on any atom is 0.319 e. The van der Waals surface area contributed by atoms with E-state index >= 15 is 0 Å². The van der Waals surface area contributed by atoms with Crippen molar-refractivity contribution < 1.29 is 14.3 Å². The molecule has 1 atom stereocenters. The Bertz CT molecular complexity index is 1120. The number of anilines is 1. The topological polar surface area (TPSA) is 88.0 Å². The number of nitrogens with one attached hydrogen (secondary N) is 2. The second-order valence-electron chi connectivity index (χ2n) is 8.81. The zero-order valence-corrected chi connectivity index (χ0v) is 18.6. The lowest BCUT2D eigenvalue weighted by Crippen LogP contribution is -2.37. The van der Waals surface area contributed by atoms with Gasteiger partial charge in [0.05, 0.1) is 0 Å². The predicted molar refractivity (Wildman–Crippen MR) is 125 cm³/mol. The summed E-state index contributed by atoms with van der Waals surface area (Å²) in [4.78, 5) is 31.4. The van der Waals surface area contributed by atoms with Gasteiger partial charge in [0.2, 0.25) is 5.91 Å². The van der Waals surface area contributed by atoms with Gasteiger partial charge in [0.15, 0.2) is 0 Å². The molecule has 0 saturated carbocycles. The molecule has 1 unspecified atom stereocenters. The normalized spacial score (nSPS) is 19.0. The fourth-order valence-corrected chi connectivity index (χ4v) is 4.69. The molecule has 2 N–H and O–H groups in total. The summed E-state index contributed by atoms with van der Waals surface area (Å²) in [6.07, 6.45) is 8.20. The Hall–Kier alpha value is -3.39. The lowest BCUT2D eigenvalue weighted by Gasteiger charge is -2.26. The summed E-state index contributed by atoms with van der Waals surface area (Å²) in [6, 6.07) is 11.6. The highest BCUT2D eigenvalue weighted by atomic mass is 16.5. The summed E-state index contributed by atoms with van der Waals surface area (Å²) in [5.74, 6) is 0.737. The SMILES string of the molecule is O=C(NCc1ccn2ccnc2c1)Nc1ccc(C2CCN(C(=O)C3CCOCC3)C2)cc1. The lowest BCUT2D eigenvalue weighted by molar-refractivity contribution is -0.137. The van der Waals surface area contributed by atoms with E-state index in [4.69, 9.17) is 4.74 Å². The van der Waals surface area contributed by atoms with Crippen LogP contribution in [-0.2, 0) is 16.1 Å². The van der Waals surface area contributed by atoms with E-state index in [2.05, 4.69) is 27.8 Å². The van der Waals surface area contributed by atoms with Crippen molar-refractivity contribution in [3.8, 4) is 0 Å². The second-order valence-corrected chi connectivity index (χ2v) is 8.81. The number of amides is 3. The fraction of sp³-hybridized carbons (Fsp3) is 0.400. The molecule has 1 aromatic carbocycles. The largest absolute Gasteiger partial charge is 0.381 e. The number of hydrogen-bond acceptors (Lipinski definition) is 4. The van der Waals surface area contributed by atoms with Crippen LogP contribution in [0, 0.1) is 5.92 Å². The van der Waals surface area contributed by atoms with Gasteiger partial charge in [0.25, 0.3) is 0 Å². The molecule has 8 nitrogen and oxygen atoms in total. The van der Waals surface area contributed by atoms with Crippen molar-refractivity contribution in [1.29, 1.82) is 0 Å². The van der Waals surface area contributed by atoms with E-state index < -0.39 is 0 Å². The summed E-state index contributed by atoms with van der Waals surface area (Å²) in [6.45, 7) is 3.38. The Labute approximate surface area is 192 Å². The first-order chi connectivity index (χ1) is 16.2. The summed E-state index contributed by atoms with van der Waals surface area (Å²) < 4.78 is 7.31. The van der Waals surface area contributed by atoms with Gasteiger partial charge in [-0.05, 0) is 54.7 Å². The van der Waals surface area contributed by atoms with Crippen LogP contribution in [-0.4, -0.2) is 52.5 Å². The molecule has 2 aliphatic heterocycles. The number of benzene rings is 1. The maximum absolute atomic E-state index is 12.8. The monoisotopic (exact) mass is 447 g/mol. The zero-order valence-electron chi connectivity index (χ0n) is 18.6.